The predicted molar refractivity (Wildman–Crippen MR) is 20.6 cm³/mol. The summed E-state index contributed by atoms with van der Waals surface area (Å²) in [6.45, 7) is 0. The molecule has 0 saturated carbocycles. The van der Waals surface area contributed by atoms with Crippen molar-refractivity contribution in [2.24, 2.45) is 0 Å². The van der Waals surface area contributed by atoms with Crippen LogP contribution in [0.15, 0.2) is 0 Å². The molecule has 0 atom stereocenters. The molecule has 8 heteroatoms. The van der Waals surface area contributed by atoms with Gasteiger partial charge in [-0.15, -0.1) is 23.8 Å². The second kappa shape index (κ2) is 22.8. The van der Waals surface area contributed by atoms with Crippen LogP contribution in [-0.2, 0) is 11.4 Å². The predicted octanol–water partition coefficient (Wildman–Crippen LogP) is -7.40. The number of halogens is 1. The zero-order chi connectivity index (χ0) is 3.58. The first-order valence-electron chi connectivity index (χ1n) is 0.500. The van der Waals surface area contributed by atoms with Crippen molar-refractivity contribution < 1.29 is 77.9 Å². The summed E-state index contributed by atoms with van der Waals surface area (Å²) < 4.78 is 25.3. The molecular formula is H3ClNa2O4S. The molecule has 42 valence electrons. The standard InChI is InChI=1S/ClH.2Na.H2O3S.H2O/c;;;1-4(2)3;/h1H;;;(H2,1,2,3);1H2/q;2*+1;;/p-2. The van der Waals surface area contributed by atoms with Gasteiger partial charge in [-0.3, -0.25) is 4.21 Å². The van der Waals surface area contributed by atoms with Crippen LogP contribution in [0.5, 0.6) is 0 Å². The van der Waals surface area contributed by atoms with Gasteiger partial charge in [0.2, 0.25) is 0 Å². The third kappa shape index (κ3) is 82.8. The molecule has 4 nitrogen and oxygen atoms in total. The topological polar surface area (TPSA) is 94.7 Å². The van der Waals surface area contributed by atoms with Crippen molar-refractivity contribution in [3.05, 3.63) is 0 Å². The summed E-state index contributed by atoms with van der Waals surface area (Å²) in [5, 5.41) is 0. The van der Waals surface area contributed by atoms with Gasteiger partial charge in [0.25, 0.3) is 0 Å². The molecule has 0 spiro atoms. The van der Waals surface area contributed by atoms with E-state index in [1.165, 1.54) is 0 Å². The third-order valence-corrected chi connectivity index (χ3v) is 0. The average molecular weight is 181 g/mol. The number of hydrogen-bond acceptors (Lipinski definition) is 3. The van der Waals surface area contributed by atoms with E-state index in [0.29, 0.717) is 0 Å². The van der Waals surface area contributed by atoms with E-state index in [2.05, 4.69) is 0 Å². The van der Waals surface area contributed by atoms with Gasteiger partial charge in [-0.05, 0) is 0 Å². The molecule has 0 bridgehead atoms. The van der Waals surface area contributed by atoms with Crippen LogP contribution in [0.4, 0.5) is 0 Å². The van der Waals surface area contributed by atoms with Crippen molar-refractivity contribution >= 4 is 23.8 Å². The van der Waals surface area contributed by atoms with Crippen molar-refractivity contribution in [3.8, 4) is 0 Å². The van der Waals surface area contributed by atoms with Gasteiger partial charge in [-0.2, -0.15) is 0 Å². The van der Waals surface area contributed by atoms with Gasteiger partial charge < -0.3 is 14.6 Å². The molecule has 0 amide bonds. The van der Waals surface area contributed by atoms with Crippen molar-refractivity contribution in [1.82, 2.24) is 0 Å². The van der Waals surface area contributed by atoms with Crippen molar-refractivity contribution in [3.63, 3.8) is 0 Å². The van der Waals surface area contributed by atoms with E-state index in [0.717, 1.165) is 0 Å². The normalized spacial score (nSPS) is 4.38. The molecule has 0 fully saturated rings. The summed E-state index contributed by atoms with van der Waals surface area (Å²) in [6, 6.07) is 0. The van der Waals surface area contributed by atoms with Crippen molar-refractivity contribution in [2.45, 2.75) is 0 Å². The van der Waals surface area contributed by atoms with Gasteiger partial charge in [0, 0.05) is 0 Å². The zero-order valence-corrected chi connectivity index (χ0v) is 10.2. The van der Waals surface area contributed by atoms with E-state index >= 15 is 0 Å². The minimum atomic E-state index is -3.11. The molecule has 0 aromatic rings. The van der Waals surface area contributed by atoms with Gasteiger partial charge in [0.15, 0.2) is 0 Å². The number of rotatable bonds is 0. The Morgan fingerprint density at radius 3 is 1.12 bits per heavy atom. The van der Waals surface area contributed by atoms with Gasteiger partial charge in [0.05, 0.1) is 0 Å². The Kier molecular flexibility index (Phi) is 90.2. The smallest absolute Gasteiger partial charge is 0.784 e. The Morgan fingerprint density at radius 1 is 1.12 bits per heavy atom. The fraction of sp³-hybridized carbons (Fsp3) is 0. The van der Waals surface area contributed by atoms with Crippen LogP contribution < -0.4 is 59.1 Å². The molecule has 0 aromatic carbocycles. The Balaban J connectivity index is -0.00000000750. The molecular weight excluding hydrogens is 177 g/mol. The minimum absolute atomic E-state index is 0. The molecule has 0 aromatic heterocycles. The van der Waals surface area contributed by atoms with Gasteiger partial charge in [-0.1, -0.05) is 0 Å². The maximum atomic E-state index is 8.44. The first-order valence-corrected chi connectivity index (χ1v) is 1.50. The van der Waals surface area contributed by atoms with Crippen LogP contribution in [0.2, 0.25) is 0 Å². The molecule has 0 aliphatic heterocycles. The first-order chi connectivity index (χ1) is 1.73. The summed E-state index contributed by atoms with van der Waals surface area (Å²) in [7, 11) is 0. The van der Waals surface area contributed by atoms with E-state index < -0.39 is 11.4 Å². The van der Waals surface area contributed by atoms with Gasteiger partial charge >= 0.3 is 59.1 Å². The summed E-state index contributed by atoms with van der Waals surface area (Å²) in [5.74, 6) is 0. The van der Waals surface area contributed by atoms with Crippen LogP contribution in [0.1, 0.15) is 0 Å². The maximum absolute atomic E-state index is 8.44. The summed E-state index contributed by atoms with van der Waals surface area (Å²) in [6.07, 6.45) is 0. The minimum Gasteiger partial charge on any atom is -0.784 e. The van der Waals surface area contributed by atoms with E-state index in [1.54, 1.807) is 0 Å². The monoisotopic (exact) mass is 180 g/mol. The van der Waals surface area contributed by atoms with Gasteiger partial charge in [-0.25, -0.2) is 0 Å². The van der Waals surface area contributed by atoms with Crippen LogP contribution >= 0.6 is 12.4 Å². The van der Waals surface area contributed by atoms with Crippen molar-refractivity contribution in [1.29, 1.82) is 0 Å². The van der Waals surface area contributed by atoms with E-state index in [-0.39, 0.29) is 77.0 Å². The molecule has 0 heterocycles. The van der Waals surface area contributed by atoms with Crippen LogP contribution in [0, 0.1) is 0 Å². The Morgan fingerprint density at radius 2 is 1.12 bits per heavy atom. The molecule has 0 aliphatic rings. The largest absolute Gasteiger partial charge is 1.00 e. The van der Waals surface area contributed by atoms with Gasteiger partial charge in [0.1, 0.15) is 0 Å². The quantitative estimate of drug-likeness (QED) is 0.274. The Bertz CT molecular complexity index is 37.0. The third-order valence-electron chi connectivity index (χ3n) is 0. The zero-order valence-electron chi connectivity index (χ0n) is 4.54. The maximum Gasteiger partial charge on any atom is 1.00 e. The fourth-order valence-corrected chi connectivity index (χ4v) is 0. The second-order valence-corrected chi connectivity index (χ2v) is 0.612. The van der Waals surface area contributed by atoms with E-state index in [1.807, 2.05) is 0 Å². The Hall–Kier alpha value is 2.32. The summed E-state index contributed by atoms with van der Waals surface area (Å²) in [5.41, 5.74) is 0. The summed E-state index contributed by atoms with van der Waals surface area (Å²) in [4.78, 5) is 0. The molecule has 8 heavy (non-hydrogen) atoms. The Labute approximate surface area is 100 Å². The molecule has 0 unspecified atom stereocenters. The first kappa shape index (κ1) is 31.7. The van der Waals surface area contributed by atoms with E-state index in [4.69, 9.17) is 13.3 Å². The molecule has 0 aliphatic carbocycles. The molecule has 2 N–H and O–H groups in total. The fourth-order valence-electron chi connectivity index (χ4n) is 0. The molecule has 0 rings (SSSR count). The number of hydrogen-bond donors (Lipinski definition) is 0. The van der Waals surface area contributed by atoms with E-state index in [9.17, 15) is 0 Å². The van der Waals surface area contributed by atoms with Crippen LogP contribution in [0.3, 0.4) is 0 Å². The molecule has 0 radical (unpaired) electrons. The molecule has 0 saturated heterocycles. The van der Waals surface area contributed by atoms with Crippen molar-refractivity contribution in [2.75, 3.05) is 0 Å². The second-order valence-electron chi connectivity index (χ2n) is 0.204. The average Bonchev–Trinajstić information content (AvgIpc) is 0.811. The van der Waals surface area contributed by atoms with Crippen LogP contribution in [0.25, 0.3) is 0 Å². The summed E-state index contributed by atoms with van der Waals surface area (Å²) >= 11 is -3.11. The SMILES string of the molecule is Cl.O.O=S([O-])[O-].[Na+].[Na+]. The van der Waals surface area contributed by atoms with Crippen LogP contribution in [-0.4, -0.2) is 18.8 Å².